The molecule has 0 aromatic rings. The molecule has 0 bridgehead atoms. The van der Waals surface area contributed by atoms with Gasteiger partial charge in [-0.2, -0.15) is 0 Å². The van der Waals surface area contributed by atoms with Gasteiger partial charge in [0.05, 0.1) is 13.0 Å². The lowest BCUT2D eigenvalue weighted by Gasteiger charge is -2.22. The largest absolute Gasteiger partial charge is 0.465 e. The summed E-state index contributed by atoms with van der Waals surface area (Å²) >= 11 is 0. The third kappa shape index (κ3) is 2.21. The number of carbonyl (C=O) groups is 3. The topological polar surface area (TPSA) is 92.7 Å². The lowest BCUT2D eigenvalue weighted by Crippen LogP contribution is -2.40. The minimum absolute atomic E-state index is 0.125. The maximum atomic E-state index is 11.7. The molecule has 0 saturated carbocycles. The third-order valence-electron chi connectivity index (χ3n) is 2.58. The molecule has 1 atom stereocenters. The van der Waals surface area contributed by atoms with E-state index in [2.05, 4.69) is 5.32 Å². The molecule has 2 amide bonds. The van der Waals surface area contributed by atoms with Crippen LogP contribution in [0.5, 0.6) is 0 Å². The Morgan fingerprint density at radius 1 is 1.56 bits per heavy atom. The zero-order chi connectivity index (χ0) is 12.2. The molecule has 0 unspecified atom stereocenters. The van der Waals surface area contributed by atoms with Gasteiger partial charge in [-0.3, -0.25) is 19.7 Å². The molecule has 1 rings (SSSR count). The van der Waals surface area contributed by atoms with Crippen molar-refractivity contribution in [2.45, 2.75) is 26.2 Å². The Hall–Kier alpha value is -1.43. The van der Waals surface area contributed by atoms with Gasteiger partial charge in [0.1, 0.15) is 0 Å². The second-order valence-electron chi connectivity index (χ2n) is 3.68. The summed E-state index contributed by atoms with van der Waals surface area (Å²) in [5.74, 6) is -1.79. The number of hydrogen-bond donors (Lipinski definition) is 2. The lowest BCUT2D eigenvalue weighted by molar-refractivity contribution is -0.160. The Balaban J connectivity index is 2.88. The van der Waals surface area contributed by atoms with Gasteiger partial charge in [0, 0.05) is 6.61 Å². The Bertz CT molecular complexity index is 314. The first-order valence-electron chi connectivity index (χ1n) is 5.19. The van der Waals surface area contributed by atoms with E-state index in [9.17, 15) is 14.4 Å². The first-order chi connectivity index (χ1) is 7.56. The molecule has 0 aromatic heterocycles. The summed E-state index contributed by atoms with van der Waals surface area (Å²) in [6.07, 6.45) is 0.212. The van der Waals surface area contributed by atoms with Crippen LogP contribution in [0.25, 0.3) is 0 Å². The molecule has 1 fully saturated rings. The van der Waals surface area contributed by atoms with Crippen LogP contribution < -0.4 is 5.32 Å². The van der Waals surface area contributed by atoms with Crippen molar-refractivity contribution >= 4 is 17.8 Å². The van der Waals surface area contributed by atoms with E-state index in [0.29, 0.717) is 0 Å². The van der Waals surface area contributed by atoms with Gasteiger partial charge in [-0.05, 0) is 19.8 Å². The lowest BCUT2D eigenvalue weighted by atomic mass is 9.81. The maximum absolute atomic E-state index is 11.7. The molecular formula is C10H15NO5. The van der Waals surface area contributed by atoms with Crippen molar-refractivity contribution in [3.05, 3.63) is 0 Å². The van der Waals surface area contributed by atoms with E-state index in [1.807, 2.05) is 0 Å². The molecule has 16 heavy (non-hydrogen) atoms. The summed E-state index contributed by atoms with van der Waals surface area (Å²) in [6, 6.07) is 0. The number of nitrogens with one attached hydrogen (secondary N) is 1. The molecule has 0 spiro atoms. The van der Waals surface area contributed by atoms with Crippen LogP contribution in [0.3, 0.4) is 0 Å². The van der Waals surface area contributed by atoms with Crippen LogP contribution in [0.4, 0.5) is 0 Å². The van der Waals surface area contributed by atoms with E-state index < -0.39 is 23.2 Å². The Kier molecular flexibility index (Phi) is 4.00. The molecule has 90 valence electrons. The molecular weight excluding hydrogens is 214 g/mol. The van der Waals surface area contributed by atoms with Crippen LogP contribution in [0, 0.1) is 5.41 Å². The second kappa shape index (κ2) is 5.07. The van der Waals surface area contributed by atoms with Crippen LogP contribution in [0.2, 0.25) is 0 Å². The van der Waals surface area contributed by atoms with Crippen molar-refractivity contribution in [3.8, 4) is 0 Å². The standard InChI is InChI=1S/C10H15NO5/c1-2-16-9(15)10(4-3-5-12)6-7(13)11-8(10)14/h12H,2-6H2,1H3,(H,11,13,14)/t10-/m0/s1. The quantitative estimate of drug-likeness (QED) is 0.371. The van der Waals surface area contributed by atoms with Crippen LogP contribution in [-0.2, 0) is 19.1 Å². The van der Waals surface area contributed by atoms with Gasteiger partial charge >= 0.3 is 5.97 Å². The molecule has 0 aromatic carbocycles. The molecule has 6 nitrogen and oxygen atoms in total. The normalized spacial score (nSPS) is 24.4. The van der Waals surface area contributed by atoms with Gasteiger partial charge in [-0.25, -0.2) is 0 Å². The summed E-state index contributed by atoms with van der Waals surface area (Å²) < 4.78 is 4.81. The molecule has 0 aliphatic carbocycles. The van der Waals surface area contributed by atoms with Gasteiger partial charge < -0.3 is 9.84 Å². The van der Waals surface area contributed by atoms with Crippen LogP contribution in [0.1, 0.15) is 26.2 Å². The van der Waals surface area contributed by atoms with E-state index >= 15 is 0 Å². The Labute approximate surface area is 93.0 Å². The van der Waals surface area contributed by atoms with E-state index in [1.165, 1.54) is 0 Å². The van der Waals surface area contributed by atoms with Crippen LogP contribution >= 0.6 is 0 Å². The highest BCUT2D eigenvalue weighted by Crippen LogP contribution is 2.34. The van der Waals surface area contributed by atoms with E-state index in [0.717, 1.165) is 0 Å². The fourth-order valence-electron chi connectivity index (χ4n) is 1.76. The van der Waals surface area contributed by atoms with Gasteiger partial charge in [0.2, 0.25) is 11.8 Å². The Morgan fingerprint density at radius 3 is 2.69 bits per heavy atom. The molecule has 1 heterocycles. The van der Waals surface area contributed by atoms with Crippen molar-refractivity contribution in [3.63, 3.8) is 0 Å². The highest BCUT2D eigenvalue weighted by Gasteiger charge is 2.53. The van der Waals surface area contributed by atoms with Crippen LogP contribution in [-0.4, -0.2) is 36.1 Å². The number of carbonyl (C=O) groups excluding carboxylic acids is 3. The van der Waals surface area contributed by atoms with Crippen LogP contribution in [0.15, 0.2) is 0 Å². The number of amides is 2. The number of esters is 1. The van der Waals surface area contributed by atoms with Gasteiger partial charge in [0.25, 0.3) is 0 Å². The molecule has 1 aliphatic rings. The van der Waals surface area contributed by atoms with Crippen molar-refractivity contribution in [2.24, 2.45) is 5.41 Å². The SMILES string of the molecule is CCOC(=O)[C@@]1(CCCO)CC(=O)NC1=O. The smallest absolute Gasteiger partial charge is 0.322 e. The minimum Gasteiger partial charge on any atom is -0.465 e. The van der Waals surface area contributed by atoms with Gasteiger partial charge in [0.15, 0.2) is 5.41 Å². The summed E-state index contributed by atoms with van der Waals surface area (Å²) in [5.41, 5.74) is -1.43. The monoisotopic (exact) mass is 229 g/mol. The second-order valence-corrected chi connectivity index (χ2v) is 3.68. The van der Waals surface area contributed by atoms with E-state index in [-0.39, 0.29) is 32.5 Å². The highest BCUT2D eigenvalue weighted by molar-refractivity contribution is 6.16. The fraction of sp³-hybridized carbons (Fsp3) is 0.700. The van der Waals surface area contributed by atoms with Crippen molar-refractivity contribution in [1.29, 1.82) is 0 Å². The fourth-order valence-corrected chi connectivity index (χ4v) is 1.76. The molecule has 1 saturated heterocycles. The van der Waals surface area contributed by atoms with E-state index in [1.54, 1.807) is 6.92 Å². The maximum Gasteiger partial charge on any atom is 0.322 e. The molecule has 0 radical (unpaired) electrons. The predicted molar refractivity (Wildman–Crippen MR) is 53.2 cm³/mol. The summed E-state index contributed by atoms with van der Waals surface area (Å²) in [6.45, 7) is 1.65. The summed E-state index contributed by atoms with van der Waals surface area (Å²) in [4.78, 5) is 34.5. The third-order valence-corrected chi connectivity index (χ3v) is 2.58. The summed E-state index contributed by atoms with van der Waals surface area (Å²) in [7, 11) is 0. The average Bonchev–Trinajstić information content (AvgIpc) is 2.52. The number of rotatable bonds is 5. The summed E-state index contributed by atoms with van der Waals surface area (Å²) in [5, 5.41) is 10.8. The van der Waals surface area contributed by atoms with Crippen molar-refractivity contribution in [1.82, 2.24) is 5.32 Å². The van der Waals surface area contributed by atoms with E-state index in [4.69, 9.17) is 9.84 Å². The van der Waals surface area contributed by atoms with Crippen molar-refractivity contribution in [2.75, 3.05) is 13.2 Å². The zero-order valence-corrected chi connectivity index (χ0v) is 9.12. The first kappa shape index (κ1) is 12.6. The van der Waals surface area contributed by atoms with Gasteiger partial charge in [-0.1, -0.05) is 0 Å². The highest BCUT2D eigenvalue weighted by atomic mass is 16.5. The number of ether oxygens (including phenoxy) is 1. The molecule has 2 N–H and O–H groups in total. The Morgan fingerprint density at radius 2 is 2.25 bits per heavy atom. The zero-order valence-electron chi connectivity index (χ0n) is 9.12. The first-order valence-corrected chi connectivity index (χ1v) is 5.19. The predicted octanol–water partition coefficient (Wildman–Crippen LogP) is -0.645. The number of aliphatic hydroxyl groups excluding tert-OH is 1. The number of hydrogen-bond acceptors (Lipinski definition) is 5. The number of imide groups is 1. The molecule has 6 heteroatoms. The minimum atomic E-state index is -1.43. The molecule has 1 aliphatic heterocycles. The van der Waals surface area contributed by atoms with Crippen molar-refractivity contribution < 1.29 is 24.2 Å². The average molecular weight is 229 g/mol. The number of aliphatic hydroxyl groups is 1. The van der Waals surface area contributed by atoms with Gasteiger partial charge in [-0.15, -0.1) is 0 Å².